The first-order valence-corrected chi connectivity index (χ1v) is 8.06. The van der Waals surface area contributed by atoms with Crippen molar-refractivity contribution in [3.63, 3.8) is 0 Å². The van der Waals surface area contributed by atoms with E-state index in [9.17, 15) is 9.18 Å². The summed E-state index contributed by atoms with van der Waals surface area (Å²) in [7, 11) is 1.90. The minimum absolute atomic E-state index is 0. The van der Waals surface area contributed by atoms with Crippen LogP contribution in [0.25, 0.3) is 11.0 Å². The minimum Gasteiger partial charge on any atom is -0.355 e. The second-order valence-electron chi connectivity index (χ2n) is 5.92. The van der Waals surface area contributed by atoms with Crippen molar-refractivity contribution in [3.05, 3.63) is 29.8 Å². The van der Waals surface area contributed by atoms with Crippen molar-refractivity contribution in [3.8, 4) is 0 Å². The van der Waals surface area contributed by atoms with Gasteiger partial charge in [-0.1, -0.05) is 13.8 Å². The standard InChI is InChI=1S/C17H25FN4O.2ClH/c1-4-17(5-2,11-19)16(23)20-9-8-15-21-13-10-12(18)6-7-14(13)22(15)3;;/h6-7,10H,4-5,8-9,11,19H2,1-3H3,(H,20,23);2*1H. The fourth-order valence-corrected chi connectivity index (χ4v) is 2.87. The van der Waals surface area contributed by atoms with Crippen molar-refractivity contribution < 1.29 is 9.18 Å². The summed E-state index contributed by atoms with van der Waals surface area (Å²) >= 11 is 0. The third-order valence-electron chi connectivity index (χ3n) is 4.80. The number of nitrogens with two attached hydrogens (primary N) is 1. The van der Waals surface area contributed by atoms with Crippen molar-refractivity contribution in [2.45, 2.75) is 33.1 Å². The second kappa shape index (κ2) is 9.94. The molecule has 8 heteroatoms. The van der Waals surface area contributed by atoms with Gasteiger partial charge in [-0.2, -0.15) is 0 Å². The number of hydrogen-bond donors (Lipinski definition) is 2. The molecule has 2 rings (SSSR count). The van der Waals surface area contributed by atoms with Gasteiger partial charge in [0.2, 0.25) is 5.91 Å². The number of amides is 1. The molecule has 0 aliphatic heterocycles. The summed E-state index contributed by atoms with van der Waals surface area (Å²) in [5.41, 5.74) is 6.81. The largest absolute Gasteiger partial charge is 0.355 e. The number of benzene rings is 1. The van der Waals surface area contributed by atoms with E-state index in [4.69, 9.17) is 5.73 Å². The highest BCUT2D eigenvalue weighted by molar-refractivity contribution is 5.85. The number of halogens is 3. The Balaban J connectivity index is 0.00000288. The SMILES string of the molecule is CCC(CC)(CN)C(=O)NCCc1nc2cc(F)ccc2n1C.Cl.Cl. The van der Waals surface area contributed by atoms with E-state index in [0.717, 1.165) is 24.2 Å². The zero-order chi connectivity index (χ0) is 17.0. The van der Waals surface area contributed by atoms with E-state index in [0.29, 0.717) is 25.0 Å². The van der Waals surface area contributed by atoms with Crippen molar-refractivity contribution in [2.75, 3.05) is 13.1 Å². The Morgan fingerprint density at radius 1 is 1.32 bits per heavy atom. The third-order valence-corrected chi connectivity index (χ3v) is 4.80. The number of rotatable bonds is 7. The molecule has 0 atom stereocenters. The number of carbonyl (C=O) groups excluding carboxylic acids is 1. The molecule has 0 radical (unpaired) electrons. The van der Waals surface area contributed by atoms with E-state index in [1.54, 1.807) is 6.07 Å². The normalized spacial score (nSPS) is 10.9. The van der Waals surface area contributed by atoms with E-state index in [1.165, 1.54) is 12.1 Å². The molecular formula is C17H27Cl2FN4O. The van der Waals surface area contributed by atoms with Crippen molar-refractivity contribution in [1.29, 1.82) is 0 Å². The number of imidazole rings is 1. The number of hydrogen-bond acceptors (Lipinski definition) is 3. The fourth-order valence-electron chi connectivity index (χ4n) is 2.87. The Morgan fingerprint density at radius 2 is 1.96 bits per heavy atom. The number of aryl methyl sites for hydroxylation is 1. The zero-order valence-electron chi connectivity index (χ0n) is 14.8. The molecule has 5 nitrogen and oxygen atoms in total. The van der Waals surface area contributed by atoms with Gasteiger partial charge in [0.05, 0.1) is 16.4 Å². The van der Waals surface area contributed by atoms with Crippen LogP contribution in [0.5, 0.6) is 0 Å². The topological polar surface area (TPSA) is 72.9 Å². The Bertz CT molecular complexity index is 693. The highest BCUT2D eigenvalue weighted by Crippen LogP contribution is 2.25. The number of nitrogens with one attached hydrogen (secondary N) is 1. The van der Waals surface area contributed by atoms with Crippen molar-refractivity contribution >= 4 is 41.8 Å². The van der Waals surface area contributed by atoms with Crippen LogP contribution in [0, 0.1) is 11.2 Å². The Morgan fingerprint density at radius 3 is 2.52 bits per heavy atom. The molecule has 0 spiro atoms. The summed E-state index contributed by atoms with van der Waals surface area (Å²) in [6.07, 6.45) is 2.03. The maximum absolute atomic E-state index is 13.3. The van der Waals surface area contributed by atoms with E-state index in [1.807, 2.05) is 25.5 Å². The van der Waals surface area contributed by atoms with Crippen LogP contribution in [0.3, 0.4) is 0 Å². The van der Waals surface area contributed by atoms with Crippen LogP contribution >= 0.6 is 24.8 Å². The van der Waals surface area contributed by atoms with E-state index < -0.39 is 5.41 Å². The molecule has 0 unspecified atom stereocenters. The van der Waals surface area contributed by atoms with E-state index >= 15 is 0 Å². The number of aromatic nitrogens is 2. The van der Waals surface area contributed by atoms with Gasteiger partial charge in [0.1, 0.15) is 11.6 Å². The highest BCUT2D eigenvalue weighted by Gasteiger charge is 2.32. The molecule has 1 aromatic carbocycles. The molecule has 142 valence electrons. The molecular weight excluding hydrogens is 366 g/mol. The lowest BCUT2D eigenvalue weighted by molar-refractivity contribution is -0.131. The smallest absolute Gasteiger partial charge is 0.227 e. The Hall–Kier alpha value is -1.37. The maximum atomic E-state index is 13.3. The molecule has 1 heterocycles. The van der Waals surface area contributed by atoms with Gasteiger partial charge in [0, 0.05) is 32.6 Å². The van der Waals surface area contributed by atoms with Crippen LogP contribution in [0.2, 0.25) is 0 Å². The third kappa shape index (κ3) is 4.84. The lowest BCUT2D eigenvalue weighted by Crippen LogP contribution is -2.45. The van der Waals surface area contributed by atoms with Gasteiger partial charge in [-0.3, -0.25) is 4.79 Å². The van der Waals surface area contributed by atoms with Gasteiger partial charge in [0.15, 0.2) is 0 Å². The summed E-state index contributed by atoms with van der Waals surface area (Å²) < 4.78 is 15.2. The van der Waals surface area contributed by atoms with Gasteiger partial charge >= 0.3 is 0 Å². The predicted molar refractivity (Wildman–Crippen MR) is 104 cm³/mol. The number of nitrogens with zero attached hydrogens (tertiary/aromatic N) is 2. The summed E-state index contributed by atoms with van der Waals surface area (Å²) in [5.74, 6) is 0.515. The first-order valence-electron chi connectivity index (χ1n) is 8.06. The van der Waals surface area contributed by atoms with Crippen LogP contribution in [0.15, 0.2) is 18.2 Å². The van der Waals surface area contributed by atoms with Crippen molar-refractivity contribution in [2.24, 2.45) is 18.2 Å². The summed E-state index contributed by atoms with van der Waals surface area (Å²) in [6.45, 7) is 4.80. The average Bonchev–Trinajstić information content (AvgIpc) is 2.85. The van der Waals surface area contributed by atoms with Crippen molar-refractivity contribution in [1.82, 2.24) is 14.9 Å². The molecule has 0 aliphatic rings. The minimum atomic E-state index is -0.491. The van der Waals surface area contributed by atoms with Gasteiger partial charge in [-0.05, 0) is 25.0 Å². The highest BCUT2D eigenvalue weighted by atomic mass is 35.5. The van der Waals surface area contributed by atoms with Crippen LogP contribution in [0.4, 0.5) is 4.39 Å². The number of carbonyl (C=O) groups is 1. The quantitative estimate of drug-likeness (QED) is 0.760. The predicted octanol–water partition coefficient (Wildman–Crippen LogP) is 2.98. The van der Waals surface area contributed by atoms with Crippen LogP contribution < -0.4 is 11.1 Å². The van der Waals surface area contributed by atoms with Gasteiger partial charge in [0.25, 0.3) is 0 Å². The Labute approximate surface area is 160 Å². The summed E-state index contributed by atoms with van der Waals surface area (Å²) in [6, 6.07) is 4.56. The molecule has 2 aromatic rings. The molecule has 1 amide bonds. The van der Waals surface area contributed by atoms with Crippen LogP contribution in [-0.2, 0) is 18.3 Å². The first kappa shape index (κ1) is 23.6. The summed E-state index contributed by atoms with van der Waals surface area (Å²) in [4.78, 5) is 16.8. The lowest BCUT2D eigenvalue weighted by atomic mass is 9.81. The first-order chi connectivity index (χ1) is 11.0. The zero-order valence-corrected chi connectivity index (χ0v) is 16.5. The maximum Gasteiger partial charge on any atom is 0.227 e. The van der Waals surface area contributed by atoms with Gasteiger partial charge in [-0.15, -0.1) is 24.8 Å². The van der Waals surface area contributed by atoms with Crippen LogP contribution in [-0.4, -0.2) is 28.5 Å². The molecule has 25 heavy (non-hydrogen) atoms. The van der Waals surface area contributed by atoms with Gasteiger partial charge < -0.3 is 15.6 Å². The second-order valence-corrected chi connectivity index (χ2v) is 5.92. The molecule has 0 saturated carbocycles. The Kier molecular flexibility index (Phi) is 9.40. The van der Waals surface area contributed by atoms with Crippen LogP contribution in [0.1, 0.15) is 32.5 Å². The molecule has 0 bridgehead atoms. The van der Waals surface area contributed by atoms with E-state index in [2.05, 4.69) is 10.3 Å². The van der Waals surface area contributed by atoms with E-state index in [-0.39, 0.29) is 36.5 Å². The molecule has 0 saturated heterocycles. The molecule has 3 N–H and O–H groups in total. The molecule has 0 aliphatic carbocycles. The molecule has 0 fully saturated rings. The molecule has 1 aromatic heterocycles. The summed E-state index contributed by atoms with van der Waals surface area (Å²) in [5, 5.41) is 2.96. The lowest BCUT2D eigenvalue weighted by Gasteiger charge is -2.28. The average molecular weight is 393 g/mol. The fraction of sp³-hybridized carbons (Fsp3) is 0.529. The number of fused-ring (bicyclic) bond motifs is 1. The van der Waals surface area contributed by atoms with Gasteiger partial charge in [-0.25, -0.2) is 9.37 Å². The monoisotopic (exact) mass is 392 g/mol.